The Labute approximate surface area is 109 Å². The Morgan fingerprint density at radius 2 is 2.06 bits per heavy atom. The van der Waals surface area contributed by atoms with Gasteiger partial charge in [0.2, 0.25) is 0 Å². The van der Waals surface area contributed by atoms with E-state index >= 15 is 0 Å². The van der Waals surface area contributed by atoms with E-state index < -0.39 is 0 Å². The lowest BCUT2D eigenvalue weighted by Crippen LogP contribution is -2.40. The van der Waals surface area contributed by atoms with Crippen LogP contribution in [-0.2, 0) is 9.53 Å². The molecule has 2 rings (SSSR count). The fraction of sp³-hybridized carbons (Fsp3) is 0.533. The molecular weight excluding hydrogens is 226 g/mol. The third-order valence-electron chi connectivity index (χ3n) is 3.63. The molecule has 0 aliphatic heterocycles. The SMILES string of the molecule is COC(=O)CCCNC1CC(c2ccccc2)C1. The van der Waals surface area contributed by atoms with Gasteiger partial charge in [-0.05, 0) is 37.3 Å². The number of rotatable bonds is 6. The summed E-state index contributed by atoms with van der Waals surface area (Å²) in [7, 11) is 1.44. The highest BCUT2D eigenvalue weighted by atomic mass is 16.5. The number of carbonyl (C=O) groups is 1. The second-order valence-electron chi connectivity index (χ2n) is 4.91. The highest BCUT2D eigenvalue weighted by Crippen LogP contribution is 2.36. The van der Waals surface area contributed by atoms with Gasteiger partial charge < -0.3 is 10.1 Å². The number of benzene rings is 1. The molecule has 0 unspecified atom stereocenters. The molecule has 0 aromatic heterocycles. The Morgan fingerprint density at radius 3 is 2.72 bits per heavy atom. The van der Waals surface area contributed by atoms with E-state index in [9.17, 15) is 4.79 Å². The van der Waals surface area contributed by atoms with Gasteiger partial charge in [-0.15, -0.1) is 0 Å². The van der Waals surface area contributed by atoms with Gasteiger partial charge in [-0.3, -0.25) is 4.79 Å². The molecule has 0 bridgehead atoms. The minimum absolute atomic E-state index is 0.118. The van der Waals surface area contributed by atoms with Crippen LogP contribution in [0.2, 0.25) is 0 Å². The highest BCUT2D eigenvalue weighted by molar-refractivity contribution is 5.69. The van der Waals surface area contributed by atoms with Gasteiger partial charge >= 0.3 is 5.97 Å². The third-order valence-corrected chi connectivity index (χ3v) is 3.63. The lowest BCUT2D eigenvalue weighted by molar-refractivity contribution is -0.140. The molecule has 0 amide bonds. The maximum atomic E-state index is 10.9. The zero-order chi connectivity index (χ0) is 12.8. The number of hydrogen-bond donors (Lipinski definition) is 1. The van der Waals surface area contributed by atoms with Gasteiger partial charge in [0.1, 0.15) is 0 Å². The van der Waals surface area contributed by atoms with Gasteiger partial charge in [0.25, 0.3) is 0 Å². The molecule has 1 aromatic carbocycles. The molecule has 3 nitrogen and oxygen atoms in total. The van der Waals surface area contributed by atoms with Crippen molar-refractivity contribution < 1.29 is 9.53 Å². The molecule has 1 aliphatic rings. The quantitative estimate of drug-likeness (QED) is 0.620. The predicted octanol–water partition coefficient (Wildman–Crippen LogP) is 2.48. The van der Waals surface area contributed by atoms with E-state index in [1.807, 2.05) is 0 Å². The minimum atomic E-state index is -0.118. The summed E-state index contributed by atoms with van der Waals surface area (Å²) in [4.78, 5) is 10.9. The summed E-state index contributed by atoms with van der Waals surface area (Å²) in [6.45, 7) is 0.904. The smallest absolute Gasteiger partial charge is 0.305 e. The van der Waals surface area contributed by atoms with E-state index in [2.05, 4.69) is 40.4 Å². The average Bonchev–Trinajstić information content (AvgIpc) is 2.37. The fourth-order valence-electron chi connectivity index (χ4n) is 2.42. The van der Waals surface area contributed by atoms with Crippen LogP contribution in [0.4, 0.5) is 0 Å². The summed E-state index contributed by atoms with van der Waals surface area (Å²) >= 11 is 0. The van der Waals surface area contributed by atoms with Crippen LogP contribution in [0.1, 0.15) is 37.2 Å². The maximum Gasteiger partial charge on any atom is 0.305 e. The van der Waals surface area contributed by atoms with Crippen molar-refractivity contribution in [2.75, 3.05) is 13.7 Å². The number of ether oxygens (including phenoxy) is 1. The van der Waals surface area contributed by atoms with Crippen molar-refractivity contribution >= 4 is 5.97 Å². The maximum absolute atomic E-state index is 10.9. The van der Waals surface area contributed by atoms with Gasteiger partial charge in [-0.25, -0.2) is 0 Å². The summed E-state index contributed by atoms with van der Waals surface area (Å²) in [5.74, 6) is 0.594. The molecule has 3 heteroatoms. The molecule has 18 heavy (non-hydrogen) atoms. The van der Waals surface area contributed by atoms with Crippen LogP contribution in [0.15, 0.2) is 30.3 Å². The normalized spacial score (nSPS) is 22.3. The second kappa shape index (κ2) is 6.55. The van der Waals surface area contributed by atoms with Crippen LogP contribution in [0, 0.1) is 0 Å². The van der Waals surface area contributed by atoms with Gasteiger partial charge in [0.05, 0.1) is 7.11 Å². The molecule has 0 saturated heterocycles. The average molecular weight is 247 g/mol. The van der Waals surface area contributed by atoms with Crippen LogP contribution in [-0.4, -0.2) is 25.7 Å². The van der Waals surface area contributed by atoms with Gasteiger partial charge in [-0.2, -0.15) is 0 Å². The number of carbonyl (C=O) groups excluding carboxylic acids is 1. The Morgan fingerprint density at radius 1 is 1.33 bits per heavy atom. The molecule has 0 heterocycles. The summed E-state index contributed by atoms with van der Waals surface area (Å²) in [5, 5.41) is 3.49. The van der Waals surface area contributed by atoms with E-state index in [0.29, 0.717) is 18.4 Å². The molecule has 1 aliphatic carbocycles. The van der Waals surface area contributed by atoms with Crippen molar-refractivity contribution in [3.05, 3.63) is 35.9 Å². The third kappa shape index (κ3) is 3.57. The van der Waals surface area contributed by atoms with E-state index in [1.165, 1.54) is 25.5 Å². The Kier molecular flexibility index (Phi) is 4.76. The number of nitrogens with one attached hydrogen (secondary N) is 1. The van der Waals surface area contributed by atoms with Crippen LogP contribution >= 0.6 is 0 Å². The van der Waals surface area contributed by atoms with E-state index in [0.717, 1.165) is 13.0 Å². The van der Waals surface area contributed by atoms with Crippen molar-refractivity contribution in [2.24, 2.45) is 0 Å². The van der Waals surface area contributed by atoms with Crippen molar-refractivity contribution in [3.8, 4) is 0 Å². The van der Waals surface area contributed by atoms with Gasteiger partial charge in [-0.1, -0.05) is 30.3 Å². The van der Waals surface area contributed by atoms with Crippen molar-refractivity contribution in [1.82, 2.24) is 5.32 Å². The molecule has 0 radical (unpaired) electrons. The molecule has 1 saturated carbocycles. The number of hydrogen-bond acceptors (Lipinski definition) is 3. The largest absolute Gasteiger partial charge is 0.469 e. The van der Waals surface area contributed by atoms with Gasteiger partial charge in [0.15, 0.2) is 0 Å². The first-order valence-corrected chi connectivity index (χ1v) is 6.64. The predicted molar refractivity (Wildman–Crippen MR) is 71.5 cm³/mol. The number of methoxy groups -OCH3 is 1. The molecule has 0 spiro atoms. The number of esters is 1. The lowest BCUT2D eigenvalue weighted by atomic mass is 9.76. The summed E-state index contributed by atoms with van der Waals surface area (Å²) in [6, 6.07) is 11.3. The summed E-state index contributed by atoms with van der Waals surface area (Å²) < 4.78 is 4.61. The molecule has 98 valence electrons. The van der Waals surface area contributed by atoms with Crippen molar-refractivity contribution in [3.63, 3.8) is 0 Å². The second-order valence-corrected chi connectivity index (χ2v) is 4.91. The Bertz CT molecular complexity index is 371. The monoisotopic (exact) mass is 247 g/mol. The summed E-state index contributed by atoms with van der Waals surface area (Å²) in [5.41, 5.74) is 1.45. The fourth-order valence-corrected chi connectivity index (χ4v) is 2.42. The van der Waals surface area contributed by atoms with Crippen molar-refractivity contribution in [1.29, 1.82) is 0 Å². The molecule has 0 atom stereocenters. The van der Waals surface area contributed by atoms with E-state index in [1.54, 1.807) is 0 Å². The van der Waals surface area contributed by atoms with Crippen LogP contribution in [0.25, 0.3) is 0 Å². The van der Waals surface area contributed by atoms with Crippen molar-refractivity contribution in [2.45, 2.75) is 37.6 Å². The van der Waals surface area contributed by atoms with Gasteiger partial charge in [0, 0.05) is 12.5 Å². The van der Waals surface area contributed by atoms with E-state index in [-0.39, 0.29) is 5.97 Å². The molecule has 1 aromatic rings. The standard InChI is InChI=1S/C15H21NO2/c1-18-15(17)8-5-9-16-14-10-13(11-14)12-6-3-2-4-7-12/h2-4,6-7,13-14,16H,5,8-11H2,1H3. The van der Waals surface area contributed by atoms with E-state index in [4.69, 9.17) is 0 Å². The Hall–Kier alpha value is -1.35. The zero-order valence-electron chi connectivity index (χ0n) is 10.9. The van der Waals surface area contributed by atoms with Crippen LogP contribution in [0.5, 0.6) is 0 Å². The lowest BCUT2D eigenvalue weighted by Gasteiger charge is -2.36. The Balaban J connectivity index is 1.58. The topological polar surface area (TPSA) is 38.3 Å². The van der Waals surface area contributed by atoms with Crippen LogP contribution < -0.4 is 5.32 Å². The zero-order valence-corrected chi connectivity index (χ0v) is 10.9. The first-order chi connectivity index (χ1) is 8.79. The van der Waals surface area contributed by atoms with Crippen LogP contribution in [0.3, 0.4) is 0 Å². The highest BCUT2D eigenvalue weighted by Gasteiger charge is 2.29. The molecule has 1 N–H and O–H groups in total. The first-order valence-electron chi connectivity index (χ1n) is 6.64. The molecule has 1 fully saturated rings. The first kappa shape index (κ1) is 13.1. The molecular formula is C15H21NO2. The summed E-state index contributed by atoms with van der Waals surface area (Å²) in [6.07, 6.45) is 3.79. The minimum Gasteiger partial charge on any atom is -0.469 e.